The molecule has 0 aliphatic carbocycles. The number of carbonyl (C=O) groups is 1. The van der Waals surface area contributed by atoms with Crippen LogP contribution in [0.3, 0.4) is 0 Å². The number of aromatic nitrogens is 1. The summed E-state index contributed by atoms with van der Waals surface area (Å²) in [7, 11) is 0. The molecule has 0 spiro atoms. The summed E-state index contributed by atoms with van der Waals surface area (Å²) in [5, 5.41) is 5.41. The summed E-state index contributed by atoms with van der Waals surface area (Å²) in [5.74, 6) is -0.0894. The molecule has 0 unspecified atom stereocenters. The number of benzene rings is 1. The molecule has 3 heterocycles. The zero-order valence-electron chi connectivity index (χ0n) is 17.2. The Kier molecular flexibility index (Phi) is 6.54. The van der Waals surface area contributed by atoms with Crippen LogP contribution < -0.4 is 10.7 Å². The number of aryl methyl sites for hydroxylation is 1. The van der Waals surface area contributed by atoms with Gasteiger partial charge in [-0.15, -0.1) is 11.3 Å². The van der Waals surface area contributed by atoms with Crippen molar-refractivity contribution in [2.24, 2.45) is 0 Å². The molecular weight excluding hydrogens is 410 g/mol. The van der Waals surface area contributed by atoms with E-state index in [1.807, 2.05) is 54.8 Å². The molecule has 158 valence electrons. The van der Waals surface area contributed by atoms with Gasteiger partial charge in [0.05, 0.1) is 22.2 Å². The van der Waals surface area contributed by atoms with E-state index in [4.69, 9.17) is 4.42 Å². The Bertz CT molecular complexity index is 1220. The molecule has 1 amide bonds. The third-order valence-corrected chi connectivity index (χ3v) is 5.83. The quantitative estimate of drug-likeness (QED) is 0.455. The highest BCUT2D eigenvalue weighted by molar-refractivity contribution is 7.12. The fourth-order valence-electron chi connectivity index (χ4n) is 3.39. The van der Waals surface area contributed by atoms with Crippen molar-refractivity contribution in [3.63, 3.8) is 0 Å². The molecule has 7 heteroatoms. The Balaban J connectivity index is 1.51. The third-order valence-electron chi connectivity index (χ3n) is 4.96. The highest BCUT2D eigenvalue weighted by atomic mass is 32.1. The van der Waals surface area contributed by atoms with Crippen LogP contribution in [0, 0.1) is 6.92 Å². The van der Waals surface area contributed by atoms with Crippen LogP contribution in [0.25, 0.3) is 11.0 Å². The average molecular weight is 434 g/mol. The number of thiophene rings is 1. The second-order valence-electron chi connectivity index (χ2n) is 7.35. The van der Waals surface area contributed by atoms with Gasteiger partial charge in [-0.3, -0.25) is 19.5 Å². The largest absolute Gasteiger partial charge is 0.464 e. The number of hydrogen-bond donors (Lipinski definition) is 1. The number of pyridine rings is 1. The Labute approximate surface area is 184 Å². The predicted octanol–water partition coefficient (Wildman–Crippen LogP) is 3.99. The fraction of sp³-hybridized carbons (Fsp3) is 0.208. The molecular formula is C24H23N3O3S. The van der Waals surface area contributed by atoms with Crippen LogP contribution in [-0.2, 0) is 13.1 Å². The van der Waals surface area contributed by atoms with Crippen molar-refractivity contribution >= 4 is 28.2 Å². The van der Waals surface area contributed by atoms with Crippen LogP contribution in [0.1, 0.15) is 26.5 Å². The summed E-state index contributed by atoms with van der Waals surface area (Å²) in [6, 6.07) is 15.0. The first kappa shape index (κ1) is 21.0. The molecule has 0 saturated carbocycles. The summed E-state index contributed by atoms with van der Waals surface area (Å²) >= 11 is 1.41. The Morgan fingerprint density at radius 2 is 2.06 bits per heavy atom. The van der Waals surface area contributed by atoms with E-state index < -0.39 is 0 Å². The first-order chi connectivity index (χ1) is 15.1. The van der Waals surface area contributed by atoms with Crippen LogP contribution in [0.2, 0.25) is 0 Å². The normalized spacial score (nSPS) is 11.2. The molecule has 0 atom stereocenters. The average Bonchev–Trinajstić information content (AvgIpc) is 3.32. The van der Waals surface area contributed by atoms with Crippen LogP contribution in [-0.4, -0.2) is 28.9 Å². The summed E-state index contributed by atoms with van der Waals surface area (Å²) in [6.07, 6.45) is 3.29. The van der Waals surface area contributed by atoms with E-state index in [1.165, 1.54) is 17.6 Å². The van der Waals surface area contributed by atoms with Gasteiger partial charge in [-0.05, 0) is 42.6 Å². The van der Waals surface area contributed by atoms with E-state index in [0.717, 1.165) is 11.3 Å². The van der Waals surface area contributed by atoms with Crippen molar-refractivity contribution in [1.29, 1.82) is 0 Å². The molecule has 0 fully saturated rings. The smallest absolute Gasteiger partial charge is 0.261 e. The van der Waals surface area contributed by atoms with Crippen molar-refractivity contribution in [2.45, 2.75) is 20.0 Å². The molecule has 4 rings (SSSR count). The molecule has 3 aromatic heterocycles. The van der Waals surface area contributed by atoms with E-state index in [9.17, 15) is 9.59 Å². The van der Waals surface area contributed by atoms with E-state index >= 15 is 0 Å². The highest BCUT2D eigenvalue weighted by Gasteiger charge is 2.14. The lowest BCUT2D eigenvalue weighted by atomic mass is 10.1. The van der Waals surface area contributed by atoms with Gasteiger partial charge < -0.3 is 9.73 Å². The molecule has 1 aromatic carbocycles. The SMILES string of the molecule is Cc1ccc2occ(CN(CCNC(=O)c3cccs3)Cc3ccccn3)c(=O)c2c1. The van der Waals surface area contributed by atoms with Crippen molar-refractivity contribution in [1.82, 2.24) is 15.2 Å². The first-order valence-corrected chi connectivity index (χ1v) is 10.9. The predicted molar refractivity (Wildman–Crippen MR) is 122 cm³/mol. The molecule has 0 saturated heterocycles. The van der Waals surface area contributed by atoms with Gasteiger partial charge in [0, 0.05) is 37.9 Å². The number of rotatable bonds is 8. The second-order valence-corrected chi connectivity index (χ2v) is 8.30. The van der Waals surface area contributed by atoms with E-state index in [0.29, 0.717) is 47.6 Å². The summed E-state index contributed by atoms with van der Waals surface area (Å²) in [5.41, 5.74) is 3.04. The summed E-state index contributed by atoms with van der Waals surface area (Å²) < 4.78 is 5.71. The maximum Gasteiger partial charge on any atom is 0.261 e. The van der Waals surface area contributed by atoms with Crippen LogP contribution in [0.4, 0.5) is 0 Å². The Morgan fingerprint density at radius 1 is 1.16 bits per heavy atom. The Morgan fingerprint density at radius 3 is 2.84 bits per heavy atom. The van der Waals surface area contributed by atoms with Gasteiger partial charge in [0.2, 0.25) is 0 Å². The molecule has 6 nitrogen and oxygen atoms in total. The molecule has 4 aromatic rings. The fourth-order valence-corrected chi connectivity index (χ4v) is 4.03. The van der Waals surface area contributed by atoms with Gasteiger partial charge in [-0.1, -0.05) is 23.8 Å². The number of carbonyl (C=O) groups excluding carboxylic acids is 1. The maximum absolute atomic E-state index is 13.0. The third kappa shape index (κ3) is 5.25. The molecule has 0 bridgehead atoms. The zero-order valence-corrected chi connectivity index (χ0v) is 18.0. The monoisotopic (exact) mass is 433 g/mol. The van der Waals surface area contributed by atoms with E-state index in [-0.39, 0.29) is 11.3 Å². The Hall–Kier alpha value is -3.29. The van der Waals surface area contributed by atoms with E-state index in [2.05, 4.69) is 15.2 Å². The lowest BCUT2D eigenvalue weighted by Crippen LogP contribution is -2.35. The second kappa shape index (κ2) is 9.68. The minimum absolute atomic E-state index is 0.0291. The molecule has 0 aliphatic rings. The molecule has 0 radical (unpaired) electrons. The standard InChI is InChI=1S/C24H23N3O3S/c1-17-7-8-21-20(13-17)23(28)18(16-30-21)14-27(15-19-5-2-3-9-25-19)11-10-26-24(29)22-6-4-12-31-22/h2-9,12-13,16H,10-11,14-15H2,1H3,(H,26,29). The van der Waals surface area contributed by atoms with Gasteiger partial charge in [-0.25, -0.2) is 0 Å². The molecule has 0 aliphatic heterocycles. The zero-order chi connectivity index (χ0) is 21.6. The highest BCUT2D eigenvalue weighted by Crippen LogP contribution is 2.15. The lowest BCUT2D eigenvalue weighted by Gasteiger charge is -2.22. The number of amides is 1. The van der Waals surface area contributed by atoms with E-state index in [1.54, 1.807) is 12.3 Å². The minimum Gasteiger partial charge on any atom is -0.464 e. The minimum atomic E-state index is -0.0894. The number of fused-ring (bicyclic) bond motifs is 1. The molecule has 31 heavy (non-hydrogen) atoms. The molecule has 1 N–H and O–H groups in total. The van der Waals surface area contributed by atoms with Crippen molar-refractivity contribution in [3.8, 4) is 0 Å². The number of hydrogen-bond acceptors (Lipinski definition) is 6. The van der Waals surface area contributed by atoms with Gasteiger partial charge in [0.25, 0.3) is 5.91 Å². The van der Waals surface area contributed by atoms with Gasteiger partial charge in [0.15, 0.2) is 5.43 Å². The number of nitrogens with one attached hydrogen (secondary N) is 1. The van der Waals surface area contributed by atoms with Crippen molar-refractivity contribution in [3.05, 3.63) is 98.3 Å². The van der Waals surface area contributed by atoms with Crippen LogP contribution in [0.5, 0.6) is 0 Å². The van der Waals surface area contributed by atoms with Crippen molar-refractivity contribution < 1.29 is 9.21 Å². The van der Waals surface area contributed by atoms with Gasteiger partial charge >= 0.3 is 0 Å². The van der Waals surface area contributed by atoms with Gasteiger partial charge in [-0.2, -0.15) is 0 Å². The maximum atomic E-state index is 13.0. The number of nitrogens with zero attached hydrogens (tertiary/aromatic N) is 2. The summed E-state index contributed by atoms with van der Waals surface area (Å²) in [4.78, 5) is 32.4. The lowest BCUT2D eigenvalue weighted by molar-refractivity contribution is 0.0951. The van der Waals surface area contributed by atoms with Crippen LogP contribution >= 0.6 is 11.3 Å². The topological polar surface area (TPSA) is 75.4 Å². The first-order valence-electron chi connectivity index (χ1n) is 10.0. The van der Waals surface area contributed by atoms with Crippen LogP contribution in [0.15, 0.2) is 75.6 Å². The van der Waals surface area contributed by atoms with Crippen molar-refractivity contribution in [2.75, 3.05) is 13.1 Å². The summed E-state index contributed by atoms with van der Waals surface area (Å²) in [6.45, 7) is 3.94. The van der Waals surface area contributed by atoms with Gasteiger partial charge in [0.1, 0.15) is 5.58 Å².